The maximum Gasteiger partial charge on any atom is 0.235 e. The molecule has 0 unspecified atom stereocenters. The summed E-state index contributed by atoms with van der Waals surface area (Å²) in [4.78, 5) is 11.4. The zero-order valence-corrected chi connectivity index (χ0v) is 32.0. The smallest absolute Gasteiger partial charge is 0.235 e. The van der Waals surface area contributed by atoms with Gasteiger partial charge in [-0.1, -0.05) is 164 Å². The van der Waals surface area contributed by atoms with Crippen LogP contribution in [0.25, 0.3) is 123 Å². The van der Waals surface area contributed by atoms with E-state index in [1.807, 2.05) is 22.7 Å². The lowest BCUT2D eigenvalue weighted by molar-refractivity contribution is 1.02. The normalized spacial score (nSPS) is 12.2. The minimum absolute atomic E-state index is 0.675. The molecule has 13 rings (SSSR count). The molecule has 0 amide bonds. The average Bonchev–Trinajstić information content (AvgIpc) is 3.97. The molecule has 5 heteroatoms. The van der Waals surface area contributed by atoms with Gasteiger partial charge in [-0.15, -0.1) is 22.7 Å². The maximum absolute atomic E-state index is 5.75. The van der Waals surface area contributed by atoms with Gasteiger partial charge in [-0.05, 0) is 44.8 Å². The molecule has 0 atom stereocenters. The largest absolute Gasteiger partial charge is 0.277 e. The Morgan fingerprint density at radius 3 is 1.72 bits per heavy atom. The SMILES string of the molecule is c1ccc(-c2ccc3c4c5sc6ccccc6c5c5ccccc5c4n(-c4nc(-c5ccccc5)c5sc6c7ccccc7c7ccccc7c6c5n4)c3c2)cc1. The summed E-state index contributed by atoms with van der Waals surface area (Å²) in [5.74, 6) is 0.675. The van der Waals surface area contributed by atoms with E-state index in [-0.39, 0.29) is 0 Å². The Bertz CT molecular complexity index is 3800. The zero-order chi connectivity index (χ0) is 37.2. The summed E-state index contributed by atoms with van der Waals surface area (Å²) in [6, 6.07) is 63.7. The molecule has 0 spiro atoms. The van der Waals surface area contributed by atoms with Crippen LogP contribution >= 0.6 is 22.7 Å². The minimum Gasteiger partial charge on any atom is -0.277 e. The fraction of sp³-hybridized carbons (Fsp3) is 0. The number of aromatic nitrogens is 3. The zero-order valence-electron chi connectivity index (χ0n) is 30.4. The van der Waals surface area contributed by atoms with Crippen molar-refractivity contribution in [2.24, 2.45) is 0 Å². The summed E-state index contributed by atoms with van der Waals surface area (Å²) in [5.41, 5.74) is 7.58. The fourth-order valence-electron chi connectivity index (χ4n) is 9.34. The predicted octanol–water partition coefficient (Wildman–Crippen LogP) is 15.1. The van der Waals surface area contributed by atoms with E-state index in [0.717, 1.165) is 38.1 Å². The molecule has 57 heavy (non-hydrogen) atoms. The van der Waals surface area contributed by atoms with E-state index in [1.165, 1.54) is 78.9 Å². The summed E-state index contributed by atoms with van der Waals surface area (Å²) in [7, 11) is 0. The van der Waals surface area contributed by atoms with Crippen LogP contribution in [0.3, 0.4) is 0 Å². The fourth-order valence-corrected chi connectivity index (χ4v) is 11.9. The number of hydrogen-bond acceptors (Lipinski definition) is 4. The molecule has 0 aliphatic carbocycles. The van der Waals surface area contributed by atoms with Crippen LogP contribution in [0.2, 0.25) is 0 Å². The standard InChI is InChI=1S/C52H29N3S2/c1-3-15-30(16-4-1)32-27-28-39-41(29-32)55(48-37-23-11-10-22-36(37)43-40-25-13-14-26-42(40)56-50(43)45(39)48)52-53-46(31-17-5-2-6-18-31)51-47(54-52)44-35-21-9-7-19-33(35)34-20-8-12-24-38(34)49(44)57-51/h1-29H. The number of rotatable bonds is 3. The molecule has 3 nitrogen and oxygen atoms in total. The molecule has 4 heterocycles. The minimum atomic E-state index is 0.675. The molecule has 0 N–H and O–H groups in total. The molecule has 0 aliphatic heterocycles. The molecule has 264 valence electrons. The molecular formula is C52H29N3S2. The number of nitrogens with zero attached hydrogens (tertiary/aromatic N) is 3. The second-order valence-corrected chi connectivity index (χ2v) is 16.9. The van der Waals surface area contributed by atoms with E-state index in [4.69, 9.17) is 9.97 Å². The molecule has 9 aromatic carbocycles. The van der Waals surface area contributed by atoms with E-state index >= 15 is 0 Å². The lowest BCUT2D eigenvalue weighted by Crippen LogP contribution is -2.03. The summed E-state index contributed by atoms with van der Waals surface area (Å²) in [6.45, 7) is 0. The van der Waals surface area contributed by atoms with Crippen LogP contribution in [0.5, 0.6) is 0 Å². The summed E-state index contributed by atoms with van der Waals surface area (Å²) < 4.78 is 7.31. The van der Waals surface area contributed by atoms with Gasteiger partial charge in [-0.25, -0.2) is 9.97 Å². The molecule has 0 bridgehead atoms. The van der Waals surface area contributed by atoms with Crippen molar-refractivity contribution in [3.05, 3.63) is 176 Å². The van der Waals surface area contributed by atoms with Gasteiger partial charge in [0.1, 0.15) is 0 Å². The van der Waals surface area contributed by atoms with Crippen molar-refractivity contribution in [1.82, 2.24) is 14.5 Å². The van der Waals surface area contributed by atoms with Crippen LogP contribution in [0.4, 0.5) is 0 Å². The first-order valence-corrected chi connectivity index (χ1v) is 20.9. The Balaban J connectivity index is 1.27. The monoisotopic (exact) mass is 759 g/mol. The first-order chi connectivity index (χ1) is 28.3. The molecule has 0 saturated heterocycles. The van der Waals surface area contributed by atoms with E-state index in [2.05, 4.69) is 180 Å². The summed E-state index contributed by atoms with van der Waals surface area (Å²) >= 11 is 3.70. The second-order valence-electron chi connectivity index (χ2n) is 14.8. The van der Waals surface area contributed by atoms with Gasteiger partial charge < -0.3 is 0 Å². The number of thiophene rings is 2. The van der Waals surface area contributed by atoms with Gasteiger partial charge in [0.05, 0.1) is 26.9 Å². The highest BCUT2D eigenvalue weighted by Crippen LogP contribution is 2.50. The Kier molecular flexibility index (Phi) is 6.48. The maximum atomic E-state index is 5.75. The first kappa shape index (κ1) is 31.3. The third-order valence-electron chi connectivity index (χ3n) is 11.8. The number of fused-ring (bicyclic) bond motifs is 18. The van der Waals surface area contributed by atoms with Gasteiger partial charge in [0.25, 0.3) is 0 Å². The first-order valence-electron chi connectivity index (χ1n) is 19.3. The van der Waals surface area contributed by atoms with Crippen LogP contribution in [-0.4, -0.2) is 14.5 Å². The molecule has 4 aromatic heterocycles. The van der Waals surface area contributed by atoms with Gasteiger partial charge >= 0.3 is 0 Å². The van der Waals surface area contributed by atoms with Crippen molar-refractivity contribution < 1.29 is 0 Å². The van der Waals surface area contributed by atoms with Crippen LogP contribution < -0.4 is 0 Å². The number of benzene rings is 9. The Labute approximate surface area is 334 Å². The highest BCUT2D eigenvalue weighted by atomic mass is 32.1. The summed E-state index contributed by atoms with van der Waals surface area (Å²) in [5, 5.41) is 13.6. The van der Waals surface area contributed by atoms with Crippen LogP contribution in [-0.2, 0) is 0 Å². The van der Waals surface area contributed by atoms with Gasteiger partial charge in [-0.2, -0.15) is 0 Å². The highest BCUT2D eigenvalue weighted by Gasteiger charge is 2.26. The van der Waals surface area contributed by atoms with Gasteiger partial charge in [0, 0.05) is 57.4 Å². The van der Waals surface area contributed by atoms with Gasteiger partial charge in [-0.3, -0.25) is 4.57 Å². The van der Waals surface area contributed by atoms with E-state index in [0.29, 0.717) is 5.95 Å². The Morgan fingerprint density at radius 1 is 0.368 bits per heavy atom. The Hall–Kier alpha value is -6.92. The van der Waals surface area contributed by atoms with Crippen LogP contribution in [0, 0.1) is 0 Å². The van der Waals surface area contributed by atoms with Crippen LogP contribution in [0.15, 0.2) is 176 Å². The van der Waals surface area contributed by atoms with Crippen molar-refractivity contribution in [2.75, 3.05) is 0 Å². The lowest BCUT2D eigenvalue weighted by atomic mass is 9.98. The van der Waals surface area contributed by atoms with Gasteiger partial charge in [0.15, 0.2) is 0 Å². The van der Waals surface area contributed by atoms with E-state index in [9.17, 15) is 0 Å². The molecule has 0 saturated carbocycles. The van der Waals surface area contributed by atoms with Crippen molar-refractivity contribution in [3.8, 4) is 28.3 Å². The molecule has 0 radical (unpaired) electrons. The van der Waals surface area contributed by atoms with Crippen molar-refractivity contribution in [3.63, 3.8) is 0 Å². The topological polar surface area (TPSA) is 30.7 Å². The van der Waals surface area contributed by atoms with Crippen molar-refractivity contribution in [2.45, 2.75) is 0 Å². The molecule has 0 fully saturated rings. The second kappa shape index (κ2) is 11.8. The van der Waals surface area contributed by atoms with Crippen molar-refractivity contribution >= 4 is 117 Å². The van der Waals surface area contributed by atoms with Crippen molar-refractivity contribution in [1.29, 1.82) is 0 Å². The average molecular weight is 760 g/mol. The molecule has 13 aromatic rings. The molecule has 0 aliphatic rings. The quantitative estimate of drug-likeness (QED) is 0.168. The Morgan fingerprint density at radius 2 is 0.965 bits per heavy atom. The molecular weight excluding hydrogens is 731 g/mol. The third-order valence-corrected chi connectivity index (χ3v) is 14.2. The van der Waals surface area contributed by atoms with E-state index in [1.54, 1.807) is 0 Å². The lowest BCUT2D eigenvalue weighted by Gasteiger charge is -2.12. The third kappa shape index (κ3) is 4.35. The van der Waals surface area contributed by atoms with E-state index < -0.39 is 0 Å². The number of hydrogen-bond donors (Lipinski definition) is 0. The summed E-state index contributed by atoms with van der Waals surface area (Å²) in [6.07, 6.45) is 0. The van der Waals surface area contributed by atoms with Gasteiger partial charge in [0.2, 0.25) is 5.95 Å². The highest BCUT2D eigenvalue weighted by molar-refractivity contribution is 7.27. The predicted molar refractivity (Wildman–Crippen MR) is 246 cm³/mol. The van der Waals surface area contributed by atoms with Crippen LogP contribution in [0.1, 0.15) is 0 Å².